The van der Waals surface area contributed by atoms with Gasteiger partial charge in [0.15, 0.2) is 0 Å². The van der Waals surface area contributed by atoms with Gasteiger partial charge in [0, 0.05) is 54.4 Å². The Hall–Kier alpha value is -2.70. The maximum Gasteiger partial charge on any atom is 0.274 e. The van der Waals surface area contributed by atoms with Crippen molar-refractivity contribution in [3.05, 3.63) is 70.7 Å². The van der Waals surface area contributed by atoms with Crippen LogP contribution in [0.4, 0.5) is 4.39 Å². The Morgan fingerprint density at radius 3 is 2.85 bits per heavy atom. The van der Waals surface area contributed by atoms with Crippen molar-refractivity contribution < 1.29 is 14.4 Å². The lowest BCUT2D eigenvalue weighted by Gasteiger charge is -2.28. The second kappa shape index (κ2) is 6.55. The van der Waals surface area contributed by atoms with Gasteiger partial charge in [-0.05, 0) is 30.2 Å². The molecule has 1 aliphatic rings. The van der Waals surface area contributed by atoms with Crippen molar-refractivity contribution in [2.24, 2.45) is 7.05 Å². The number of hydroxylamine groups is 1. The van der Waals surface area contributed by atoms with Gasteiger partial charge in [0.1, 0.15) is 5.82 Å². The highest BCUT2D eigenvalue weighted by atomic mass is 19.1. The number of amides is 1. The zero-order valence-corrected chi connectivity index (χ0v) is 14.5. The van der Waals surface area contributed by atoms with Crippen molar-refractivity contribution in [1.82, 2.24) is 14.9 Å². The summed E-state index contributed by atoms with van der Waals surface area (Å²) in [7, 11) is 2.08. The molecule has 6 heteroatoms. The molecule has 1 amide bonds. The number of carbonyl (C=O) groups excluding carboxylic acids is 1. The van der Waals surface area contributed by atoms with E-state index in [1.807, 2.05) is 6.07 Å². The molecule has 2 heterocycles. The van der Waals surface area contributed by atoms with Crippen molar-refractivity contribution in [2.75, 3.05) is 6.54 Å². The summed E-state index contributed by atoms with van der Waals surface area (Å²) in [6.45, 7) is 2.10. The van der Waals surface area contributed by atoms with Crippen LogP contribution in [0.15, 0.2) is 42.5 Å². The lowest BCUT2D eigenvalue weighted by molar-refractivity contribution is 0.0706. The largest absolute Gasteiger partial charge is 0.346 e. The van der Waals surface area contributed by atoms with Crippen LogP contribution in [0.2, 0.25) is 0 Å². The number of rotatable bonds is 3. The van der Waals surface area contributed by atoms with Gasteiger partial charge in [0.25, 0.3) is 5.91 Å². The number of nitrogens with zero attached hydrogens (tertiary/aromatic N) is 2. The number of benzene rings is 2. The predicted octanol–water partition coefficient (Wildman–Crippen LogP) is 2.99. The second-order valence-corrected chi connectivity index (χ2v) is 6.71. The highest BCUT2D eigenvalue weighted by Crippen LogP contribution is 2.30. The molecular weight excluding hydrogens is 333 g/mol. The number of aryl methyl sites for hydroxylation is 1. The Morgan fingerprint density at radius 1 is 1.27 bits per heavy atom. The Labute approximate surface area is 150 Å². The van der Waals surface area contributed by atoms with Crippen LogP contribution < -0.4 is 5.48 Å². The number of hydrogen-bond donors (Lipinski definition) is 2. The molecule has 0 aliphatic carbocycles. The van der Waals surface area contributed by atoms with Crippen molar-refractivity contribution in [3.8, 4) is 0 Å². The van der Waals surface area contributed by atoms with Crippen molar-refractivity contribution in [3.63, 3.8) is 0 Å². The first kappa shape index (κ1) is 16.8. The molecule has 4 rings (SSSR count). The molecule has 0 bridgehead atoms. The first-order valence-corrected chi connectivity index (χ1v) is 8.59. The monoisotopic (exact) mass is 353 g/mol. The second-order valence-electron chi connectivity index (χ2n) is 6.71. The van der Waals surface area contributed by atoms with Gasteiger partial charge in [-0.2, -0.15) is 0 Å². The van der Waals surface area contributed by atoms with E-state index < -0.39 is 11.7 Å². The highest BCUT2D eigenvalue weighted by Gasteiger charge is 2.23. The van der Waals surface area contributed by atoms with Crippen LogP contribution in [0.1, 0.15) is 27.2 Å². The number of halogens is 1. The molecule has 2 aromatic carbocycles. The summed E-state index contributed by atoms with van der Waals surface area (Å²) in [6, 6.07) is 12.7. The van der Waals surface area contributed by atoms with Crippen LogP contribution in [-0.2, 0) is 26.6 Å². The molecule has 26 heavy (non-hydrogen) atoms. The SMILES string of the molecule is Cn1c2c(c3ccccc31)CCN(Cc1ccc(C(=O)NO)cc1F)C2. The summed E-state index contributed by atoms with van der Waals surface area (Å²) in [5, 5.41) is 9.96. The van der Waals surface area contributed by atoms with Gasteiger partial charge >= 0.3 is 0 Å². The molecule has 0 atom stereocenters. The van der Waals surface area contributed by atoms with Gasteiger partial charge in [-0.1, -0.05) is 24.3 Å². The third kappa shape index (κ3) is 2.77. The molecule has 5 nitrogen and oxygen atoms in total. The number of nitrogens with one attached hydrogen (secondary N) is 1. The van der Waals surface area contributed by atoms with Gasteiger partial charge in [-0.15, -0.1) is 0 Å². The van der Waals surface area contributed by atoms with Gasteiger partial charge in [0.2, 0.25) is 0 Å². The fourth-order valence-corrected chi connectivity index (χ4v) is 3.82. The van der Waals surface area contributed by atoms with Gasteiger partial charge in [0.05, 0.1) is 0 Å². The lowest BCUT2D eigenvalue weighted by atomic mass is 10.0. The van der Waals surface area contributed by atoms with Crippen LogP contribution in [0, 0.1) is 5.82 Å². The van der Waals surface area contributed by atoms with E-state index in [1.54, 1.807) is 6.07 Å². The van der Waals surface area contributed by atoms with E-state index in [1.165, 1.54) is 33.7 Å². The van der Waals surface area contributed by atoms with E-state index in [0.717, 1.165) is 25.6 Å². The molecule has 0 saturated carbocycles. The number of para-hydroxylation sites is 1. The number of fused-ring (bicyclic) bond motifs is 3. The Kier molecular flexibility index (Phi) is 4.22. The zero-order chi connectivity index (χ0) is 18.3. The quantitative estimate of drug-likeness (QED) is 0.562. The predicted molar refractivity (Wildman–Crippen MR) is 96.4 cm³/mol. The maximum absolute atomic E-state index is 14.4. The van der Waals surface area contributed by atoms with E-state index in [4.69, 9.17) is 5.21 Å². The van der Waals surface area contributed by atoms with Gasteiger partial charge in [-0.3, -0.25) is 14.9 Å². The van der Waals surface area contributed by atoms with Crippen LogP contribution >= 0.6 is 0 Å². The number of hydrogen-bond acceptors (Lipinski definition) is 3. The minimum atomic E-state index is -0.714. The first-order valence-electron chi connectivity index (χ1n) is 8.59. The van der Waals surface area contributed by atoms with E-state index in [9.17, 15) is 9.18 Å². The molecule has 2 N–H and O–H groups in total. The fourth-order valence-electron chi connectivity index (χ4n) is 3.82. The summed E-state index contributed by atoms with van der Waals surface area (Å²) >= 11 is 0. The summed E-state index contributed by atoms with van der Waals surface area (Å²) in [4.78, 5) is 13.6. The molecule has 1 aromatic heterocycles. The molecule has 3 aromatic rings. The molecular formula is C20H20FN3O2. The lowest BCUT2D eigenvalue weighted by Crippen LogP contribution is -2.31. The van der Waals surface area contributed by atoms with E-state index in [-0.39, 0.29) is 5.56 Å². The summed E-state index contributed by atoms with van der Waals surface area (Å²) in [5.41, 5.74) is 6.05. The van der Waals surface area contributed by atoms with Crippen LogP contribution in [0.5, 0.6) is 0 Å². The smallest absolute Gasteiger partial charge is 0.274 e. The third-order valence-corrected chi connectivity index (χ3v) is 5.21. The Bertz CT molecular complexity index is 996. The standard InChI is InChI=1S/C20H20FN3O2/c1-23-18-5-3-2-4-15(18)16-8-9-24(12-19(16)23)11-14-7-6-13(10-17(14)21)20(25)22-26/h2-7,10,26H,8-9,11-12H2,1H3,(H,22,25). The average Bonchev–Trinajstić information content (AvgIpc) is 2.95. The molecule has 0 radical (unpaired) electrons. The minimum Gasteiger partial charge on any atom is -0.346 e. The van der Waals surface area contributed by atoms with Gasteiger partial charge in [-0.25, -0.2) is 9.87 Å². The molecule has 0 saturated heterocycles. The highest BCUT2D eigenvalue weighted by molar-refractivity contribution is 5.93. The summed E-state index contributed by atoms with van der Waals surface area (Å²) in [6.07, 6.45) is 0.934. The summed E-state index contributed by atoms with van der Waals surface area (Å²) < 4.78 is 16.6. The zero-order valence-electron chi connectivity index (χ0n) is 14.5. The van der Waals surface area contributed by atoms with E-state index >= 15 is 0 Å². The minimum absolute atomic E-state index is 0.100. The topological polar surface area (TPSA) is 57.5 Å². The molecule has 0 fully saturated rings. The maximum atomic E-state index is 14.4. The fraction of sp³-hybridized carbons (Fsp3) is 0.250. The Balaban J connectivity index is 1.58. The average molecular weight is 353 g/mol. The van der Waals surface area contributed by atoms with Crippen molar-refractivity contribution >= 4 is 16.8 Å². The first-order chi connectivity index (χ1) is 12.6. The van der Waals surface area contributed by atoms with E-state index in [2.05, 4.69) is 34.7 Å². The summed E-state index contributed by atoms with van der Waals surface area (Å²) in [5.74, 6) is -1.15. The van der Waals surface area contributed by atoms with Crippen molar-refractivity contribution in [1.29, 1.82) is 0 Å². The normalized spacial score (nSPS) is 14.4. The number of aromatic nitrogens is 1. The molecule has 0 unspecified atom stereocenters. The molecule has 1 aliphatic heterocycles. The third-order valence-electron chi connectivity index (χ3n) is 5.21. The molecule has 0 spiro atoms. The van der Waals surface area contributed by atoms with Crippen LogP contribution in [0.25, 0.3) is 10.9 Å². The van der Waals surface area contributed by atoms with Crippen LogP contribution in [0.3, 0.4) is 0 Å². The Morgan fingerprint density at radius 2 is 2.08 bits per heavy atom. The van der Waals surface area contributed by atoms with Crippen LogP contribution in [-0.4, -0.2) is 27.1 Å². The van der Waals surface area contributed by atoms with Crippen molar-refractivity contribution in [2.45, 2.75) is 19.5 Å². The van der Waals surface area contributed by atoms with Gasteiger partial charge < -0.3 is 4.57 Å². The molecule has 134 valence electrons. The van der Waals surface area contributed by atoms with E-state index in [0.29, 0.717) is 12.1 Å². The number of carbonyl (C=O) groups is 1.